The number of ether oxygens (including phenoxy) is 1. The second kappa shape index (κ2) is 7.48. The maximum absolute atomic E-state index is 12.3. The number of hydrogen-bond donors (Lipinski definition) is 0. The van der Waals surface area contributed by atoms with Gasteiger partial charge < -0.3 is 19.4 Å². The Balaban J connectivity index is 1.43. The third-order valence-corrected chi connectivity index (χ3v) is 4.99. The summed E-state index contributed by atoms with van der Waals surface area (Å²) in [5.74, 6) is -0.726. The third kappa shape index (κ3) is 4.05. The van der Waals surface area contributed by atoms with Gasteiger partial charge >= 0.3 is 11.8 Å². The number of carbonyl (C=O) groups excluding carboxylic acids is 3. The molecule has 134 valence electrons. The number of likely N-dealkylation sites (N-methyl/N-ethyl adjacent to an activating group) is 1. The fourth-order valence-corrected chi connectivity index (χ4v) is 3.11. The molecule has 0 radical (unpaired) electrons. The van der Waals surface area contributed by atoms with Gasteiger partial charge in [0.1, 0.15) is 0 Å². The molecule has 0 aromatic carbocycles. The van der Waals surface area contributed by atoms with E-state index in [4.69, 9.17) is 4.74 Å². The molecule has 3 rings (SSSR count). The van der Waals surface area contributed by atoms with Gasteiger partial charge in [-0.15, -0.1) is 0 Å². The Hall–Kier alpha value is -1.67. The van der Waals surface area contributed by atoms with Crippen LogP contribution in [0.25, 0.3) is 0 Å². The molecule has 2 heterocycles. The molecule has 0 bridgehead atoms. The Morgan fingerprint density at radius 2 is 1.46 bits per heavy atom. The van der Waals surface area contributed by atoms with Gasteiger partial charge in [0, 0.05) is 52.4 Å². The number of hydrogen-bond acceptors (Lipinski definition) is 5. The van der Waals surface area contributed by atoms with E-state index in [0.29, 0.717) is 65.1 Å². The number of piperazine rings is 1. The fourth-order valence-electron chi connectivity index (χ4n) is 3.11. The van der Waals surface area contributed by atoms with E-state index in [1.54, 1.807) is 9.80 Å². The van der Waals surface area contributed by atoms with Crippen molar-refractivity contribution < 1.29 is 19.1 Å². The zero-order chi connectivity index (χ0) is 17.1. The molecule has 0 spiro atoms. The van der Waals surface area contributed by atoms with Gasteiger partial charge in [-0.2, -0.15) is 0 Å². The zero-order valence-corrected chi connectivity index (χ0v) is 14.3. The van der Waals surface area contributed by atoms with Crippen LogP contribution in [0.3, 0.4) is 0 Å². The maximum Gasteiger partial charge on any atom is 0.312 e. The summed E-state index contributed by atoms with van der Waals surface area (Å²) in [5, 5.41) is 0. The Kier molecular flexibility index (Phi) is 5.35. The van der Waals surface area contributed by atoms with E-state index in [0.717, 1.165) is 12.8 Å². The van der Waals surface area contributed by atoms with Crippen molar-refractivity contribution in [2.24, 2.45) is 0 Å². The molecule has 3 fully saturated rings. The van der Waals surface area contributed by atoms with Crippen LogP contribution in [0, 0.1) is 0 Å². The highest BCUT2D eigenvalue weighted by Gasteiger charge is 2.33. The maximum atomic E-state index is 12.3. The molecule has 1 aliphatic carbocycles. The van der Waals surface area contributed by atoms with Gasteiger partial charge in [-0.25, -0.2) is 0 Å². The molecular formula is C16H26N4O4. The summed E-state index contributed by atoms with van der Waals surface area (Å²) in [6.45, 7) is 4.59. The van der Waals surface area contributed by atoms with Crippen LogP contribution >= 0.6 is 0 Å². The molecule has 0 N–H and O–H groups in total. The summed E-state index contributed by atoms with van der Waals surface area (Å²) in [6.07, 6.45) is 2.21. The molecule has 3 aliphatic rings. The molecule has 8 nitrogen and oxygen atoms in total. The Morgan fingerprint density at radius 1 is 0.917 bits per heavy atom. The summed E-state index contributed by atoms with van der Waals surface area (Å²) >= 11 is 0. The van der Waals surface area contributed by atoms with Crippen LogP contribution in [0.2, 0.25) is 0 Å². The number of morpholine rings is 1. The van der Waals surface area contributed by atoms with Crippen molar-refractivity contribution in [3.8, 4) is 0 Å². The van der Waals surface area contributed by atoms with Crippen LogP contribution in [0.1, 0.15) is 12.8 Å². The predicted molar refractivity (Wildman–Crippen MR) is 86.2 cm³/mol. The van der Waals surface area contributed by atoms with Crippen LogP contribution in [-0.4, -0.2) is 109 Å². The van der Waals surface area contributed by atoms with Crippen LogP contribution in [-0.2, 0) is 19.1 Å². The topological polar surface area (TPSA) is 73.4 Å². The molecule has 3 amide bonds. The first-order valence-electron chi connectivity index (χ1n) is 8.70. The number of nitrogens with zero attached hydrogens (tertiary/aromatic N) is 4. The zero-order valence-electron chi connectivity index (χ0n) is 14.3. The first kappa shape index (κ1) is 17.2. The monoisotopic (exact) mass is 338 g/mol. The van der Waals surface area contributed by atoms with E-state index in [9.17, 15) is 14.4 Å². The van der Waals surface area contributed by atoms with Crippen molar-refractivity contribution in [2.75, 3.05) is 66.1 Å². The van der Waals surface area contributed by atoms with Crippen molar-refractivity contribution in [3.63, 3.8) is 0 Å². The standard InChI is InChI=1S/C16H26N4O4/c1-17(13-2-3-13)14(21)12-18-4-6-19(7-5-18)15(22)16(23)20-8-10-24-11-9-20/h13H,2-12H2,1H3. The van der Waals surface area contributed by atoms with Gasteiger partial charge in [0.05, 0.1) is 19.8 Å². The minimum atomic E-state index is -0.434. The Morgan fingerprint density at radius 3 is 2.00 bits per heavy atom. The first-order valence-corrected chi connectivity index (χ1v) is 8.70. The van der Waals surface area contributed by atoms with Crippen molar-refractivity contribution in [1.82, 2.24) is 19.6 Å². The summed E-state index contributed by atoms with van der Waals surface area (Å²) in [7, 11) is 1.86. The highest BCUT2D eigenvalue weighted by atomic mass is 16.5. The van der Waals surface area contributed by atoms with E-state index in [1.807, 2.05) is 11.9 Å². The van der Waals surface area contributed by atoms with E-state index in [1.165, 1.54) is 0 Å². The Bertz CT molecular complexity index is 494. The second-order valence-corrected chi connectivity index (χ2v) is 6.71. The fraction of sp³-hybridized carbons (Fsp3) is 0.812. The summed E-state index contributed by atoms with van der Waals surface area (Å²) in [4.78, 5) is 43.8. The van der Waals surface area contributed by atoms with E-state index in [-0.39, 0.29) is 5.91 Å². The van der Waals surface area contributed by atoms with Crippen LogP contribution < -0.4 is 0 Å². The second-order valence-electron chi connectivity index (χ2n) is 6.71. The molecule has 2 saturated heterocycles. The molecule has 24 heavy (non-hydrogen) atoms. The van der Waals surface area contributed by atoms with Gasteiger partial charge in [-0.1, -0.05) is 0 Å². The average molecular weight is 338 g/mol. The average Bonchev–Trinajstić information content (AvgIpc) is 3.46. The SMILES string of the molecule is CN(C(=O)CN1CCN(C(=O)C(=O)N2CCOCC2)CC1)C1CC1. The number of amides is 3. The number of rotatable bonds is 3. The minimum Gasteiger partial charge on any atom is -0.378 e. The summed E-state index contributed by atoms with van der Waals surface area (Å²) in [6, 6.07) is 0.423. The number of carbonyl (C=O) groups is 3. The van der Waals surface area contributed by atoms with Gasteiger partial charge in [-0.05, 0) is 12.8 Å². The van der Waals surface area contributed by atoms with Gasteiger partial charge in [0.15, 0.2) is 0 Å². The van der Waals surface area contributed by atoms with Crippen molar-refractivity contribution in [2.45, 2.75) is 18.9 Å². The van der Waals surface area contributed by atoms with E-state index >= 15 is 0 Å². The normalized spacial score (nSPS) is 22.4. The highest BCUT2D eigenvalue weighted by Crippen LogP contribution is 2.25. The lowest BCUT2D eigenvalue weighted by atomic mass is 10.2. The largest absolute Gasteiger partial charge is 0.378 e. The molecule has 1 saturated carbocycles. The lowest BCUT2D eigenvalue weighted by Crippen LogP contribution is -2.55. The molecule has 0 atom stereocenters. The third-order valence-electron chi connectivity index (χ3n) is 4.99. The quantitative estimate of drug-likeness (QED) is 0.593. The van der Waals surface area contributed by atoms with E-state index in [2.05, 4.69) is 4.90 Å². The molecule has 2 aliphatic heterocycles. The lowest BCUT2D eigenvalue weighted by Gasteiger charge is -2.36. The van der Waals surface area contributed by atoms with Crippen molar-refractivity contribution in [3.05, 3.63) is 0 Å². The highest BCUT2D eigenvalue weighted by molar-refractivity contribution is 6.34. The van der Waals surface area contributed by atoms with Gasteiger partial charge in [-0.3, -0.25) is 19.3 Å². The lowest BCUT2D eigenvalue weighted by molar-refractivity contribution is -0.155. The molecule has 8 heteroatoms. The van der Waals surface area contributed by atoms with Crippen LogP contribution in [0.5, 0.6) is 0 Å². The summed E-state index contributed by atoms with van der Waals surface area (Å²) < 4.78 is 5.21. The van der Waals surface area contributed by atoms with Crippen molar-refractivity contribution >= 4 is 17.7 Å². The van der Waals surface area contributed by atoms with Gasteiger partial charge in [0.25, 0.3) is 0 Å². The molecule has 0 aromatic rings. The predicted octanol–water partition coefficient (Wildman–Crippen LogP) is -1.39. The molecule has 0 aromatic heterocycles. The summed E-state index contributed by atoms with van der Waals surface area (Å²) in [5.41, 5.74) is 0. The molecular weight excluding hydrogens is 312 g/mol. The van der Waals surface area contributed by atoms with Gasteiger partial charge in [0.2, 0.25) is 5.91 Å². The van der Waals surface area contributed by atoms with Crippen molar-refractivity contribution in [1.29, 1.82) is 0 Å². The Labute approximate surface area is 142 Å². The molecule has 0 unspecified atom stereocenters. The van der Waals surface area contributed by atoms with Crippen LogP contribution in [0.15, 0.2) is 0 Å². The van der Waals surface area contributed by atoms with E-state index < -0.39 is 11.8 Å². The first-order chi connectivity index (χ1) is 11.6. The van der Waals surface area contributed by atoms with Crippen LogP contribution in [0.4, 0.5) is 0 Å². The minimum absolute atomic E-state index is 0.140. The smallest absolute Gasteiger partial charge is 0.312 e.